The Balaban J connectivity index is 1.65. The Morgan fingerprint density at radius 2 is 2.05 bits per heavy atom. The van der Waals surface area contributed by atoms with E-state index in [4.69, 9.17) is 4.74 Å². The molecule has 0 bridgehead atoms. The van der Waals surface area contributed by atoms with Gasteiger partial charge in [0.05, 0.1) is 18.9 Å². The van der Waals surface area contributed by atoms with E-state index in [1.165, 1.54) is 5.56 Å². The summed E-state index contributed by atoms with van der Waals surface area (Å²) in [6.07, 6.45) is 4.55. The lowest BCUT2D eigenvalue weighted by Crippen LogP contribution is -2.24. The summed E-state index contributed by atoms with van der Waals surface area (Å²) in [7, 11) is 1.67. The molecule has 0 spiro atoms. The minimum atomic E-state index is -0.0642. The Morgan fingerprint density at radius 1 is 1.29 bits per heavy atom. The molecule has 0 aliphatic heterocycles. The molecule has 5 heteroatoms. The van der Waals surface area contributed by atoms with Crippen LogP contribution in [0.5, 0.6) is 5.75 Å². The van der Waals surface area contributed by atoms with Gasteiger partial charge in [0.1, 0.15) is 5.75 Å². The van der Waals surface area contributed by atoms with E-state index >= 15 is 0 Å². The van der Waals surface area contributed by atoms with Crippen LogP contribution in [0.3, 0.4) is 0 Å². The third kappa shape index (κ3) is 4.34. The van der Waals surface area contributed by atoms with Crippen molar-refractivity contribution in [1.82, 2.24) is 15.5 Å². The van der Waals surface area contributed by atoms with E-state index in [9.17, 15) is 4.79 Å². The minimum Gasteiger partial charge on any atom is -0.497 e. The zero-order valence-corrected chi connectivity index (χ0v) is 12.5. The number of carbonyl (C=O) groups is 1. The van der Waals surface area contributed by atoms with Crippen LogP contribution in [0, 0.1) is 6.92 Å². The van der Waals surface area contributed by atoms with Crippen LogP contribution in [0.2, 0.25) is 0 Å². The van der Waals surface area contributed by atoms with Gasteiger partial charge in [-0.25, -0.2) is 0 Å². The van der Waals surface area contributed by atoms with Crippen molar-refractivity contribution >= 4 is 5.91 Å². The fraction of sp³-hybridized carbons (Fsp3) is 0.375. The van der Waals surface area contributed by atoms with Crippen LogP contribution in [0.4, 0.5) is 0 Å². The smallest absolute Gasteiger partial charge is 0.254 e. The molecule has 2 aromatic rings. The van der Waals surface area contributed by atoms with Gasteiger partial charge in [-0.2, -0.15) is 5.10 Å². The van der Waals surface area contributed by atoms with Gasteiger partial charge in [-0.1, -0.05) is 12.1 Å². The number of aryl methyl sites for hydroxylation is 2. The molecule has 0 radical (unpaired) electrons. The van der Waals surface area contributed by atoms with Crippen molar-refractivity contribution in [2.24, 2.45) is 0 Å². The Hall–Kier alpha value is -2.30. The molecule has 0 atom stereocenters. The van der Waals surface area contributed by atoms with Crippen molar-refractivity contribution in [3.8, 4) is 5.75 Å². The number of H-pyrrole nitrogens is 1. The second-order valence-electron chi connectivity index (χ2n) is 4.97. The zero-order valence-electron chi connectivity index (χ0n) is 12.5. The van der Waals surface area contributed by atoms with Gasteiger partial charge in [0, 0.05) is 12.2 Å². The SMILES string of the molecule is COc1ccc(CCCCNC(=O)c2cn[nH]c2C)cc1. The number of carbonyl (C=O) groups excluding carboxylic acids is 1. The summed E-state index contributed by atoms with van der Waals surface area (Å²) in [5.41, 5.74) is 2.70. The monoisotopic (exact) mass is 287 g/mol. The van der Waals surface area contributed by atoms with Crippen LogP contribution < -0.4 is 10.1 Å². The number of nitrogens with zero attached hydrogens (tertiary/aromatic N) is 1. The van der Waals surface area contributed by atoms with E-state index in [0.717, 1.165) is 30.7 Å². The molecular formula is C16H21N3O2. The predicted molar refractivity (Wildman–Crippen MR) is 81.6 cm³/mol. The minimum absolute atomic E-state index is 0.0642. The Morgan fingerprint density at radius 3 is 2.67 bits per heavy atom. The Labute approximate surface area is 124 Å². The van der Waals surface area contributed by atoms with Gasteiger partial charge in [0.25, 0.3) is 5.91 Å². The van der Waals surface area contributed by atoms with Crippen molar-refractivity contribution in [3.63, 3.8) is 0 Å². The summed E-state index contributed by atoms with van der Waals surface area (Å²) >= 11 is 0. The number of hydrogen-bond acceptors (Lipinski definition) is 3. The average Bonchev–Trinajstić information content (AvgIpc) is 2.93. The average molecular weight is 287 g/mol. The predicted octanol–water partition coefficient (Wildman–Crippen LogP) is 2.48. The van der Waals surface area contributed by atoms with Crippen LogP contribution in [0.25, 0.3) is 0 Å². The van der Waals surface area contributed by atoms with Gasteiger partial charge in [0.15, 0.2) is 0 Å². The van der Waals surface area contributed by atoms with E-state index in [1.807, 2.05) is 19.1 Å². The molecule has 1 amide bonds. The lowest BCUT2D eigenvalue weighted by molar-refractivity contribution is 0.0952. The van der Waals surface area contributed by atoms with E-state index < -0.39 is 0 Å². The van der Waals surface area contributed by atoms with E-state index in [-0.39, 0.29) is 5.91 Å². The third-order valence-electron chi connectivity index (χ3n) is 3.41. The maximum atomic E-state index is 11.8. The summed E-state index contributed by atoms with van der Waals surface area (Å²) in [6, 6.07) is 8.09. The molecule has 0 aliphatic rings. The lowest BCUT2D eigenvalue weighted by Gasteiger charge is -2.05. The van der Waals surface area contributed by atoms with E-state index in [2.05, 4.69) is 27.6 Å². The first kappa shape index (κ1) is 15.1. The Bertz CT molecular complexity index is 575. The summed E-state index contributed by atoms with van der Waals surface area (Å²) in [5, 5.41) is 9.52. The van der Waals surface area contributed by atoms with Crippen LogP contribution in [0.1, 0.15) is 34.5 Å². The van der Waals surface area contributed by atoms with Gasteiger partial charge in [-0.15, -0.1) is 0 Å². The van der Waals surface area contributed by atoms with Gasteiger partial charge in [-0.05, 0) is 43.9 Å². The number of hydrogen-bond donors (Lipinski definition) is 2. The molecule has 112 valence electrons. The van der Waals surface area contributed by atoms with Crippen LogP contribution in [-0.4, -0.2) is 29.8 Å². The molecule has 0 aliphatic carbocycles. The van der Waals surface area contributed by atoms with Gasteiger partial charge < -0.3 is 10.1 Å². The summed E-state index contributed by atoms with van der Waals surface area (Å²) in [5.74, 6) is 0.812. The highest BCUT2D eigenvalue weighted by atomic mass is 16.5. The lowest BCUT2D eigenvalue weighted by atomic mass is 10.1. The van der Waals surface area contributed by atoms with Crippen molar-refractivity contribution in [1.29, 1.82) is 0 Å². The fourth-order valence-corrected chi connectivity index (χ4v) is 2.12. The van der Waals surface area contributed by atoms with Crippen molar-refractivity contribution < 1.29 is 9.53 Å². The maximum Gasteiger partial charge on any atom is 0.254 e. The third-order valence-corrected chi connectivity index (χ3v) is 3.41. The van der Waals surface area contributed by atoms with Crippen molar-refractivity contribution in [3.05, 3.63) is 47.3 Å². The Kier molecular flexibility index (Phi) is 5.37. The number of unbranched alkanes of at least 4 members (excludes halogenated alkanes) is 1. The molecule has 5 nitrogen and oxygen atoms in total. The maximum absolute atomic E-state index is 11.8. The molecule has 0 saturated heterocycles. The van der Waals surface area contributed by atoms with E-state index in [1.54, 1.807) is 13.3 Å². The zero-order chi connectivity index (χ0) is 15.1. The number of methoxy groups -OCH3 is 1. The quantitative estimate of drug-likeness (QED) is 0.769. The molecule has 0 fully saturated rings. The van der Waals surface area contributed by atoms with Crippen molar-refractivity contribution in [2.45, 2.75) is 26.2 Å². The second kappa shape index (κ2) is 7.47. The first-order valence-electron chi connectivity index (χ1n) is 7.12. The molecule has 2 rings (SSSR count). The molecule has 1 aromatic carbocycles. The van der Waals surface area contributed by atoms with E-state index in [0.29, 0.717) is 12.1 Å². The van der Waals surface area contributed by atoms with Crippen molar-refractivity contribution in [2.75, 3.05) is 13.7 Å². The highest BCUT2D eigenvalue weighted by Crippen LogP contribution is 2.13. The molecule has 0 saturated carbocycles. The number of aromatic amines is 1. The largest absolute Gasteiger partial charge is 0.497 e. The summed E-state index contributed by atoms with van der Waals surface area (Å²) in [6.45, 7) is 2.52. The number of benzene rings is 1. The molecule has 2 N–H and O–H groups in total. The highest BCUT2D eigenvalue weighted by molar-refractivity contribution is 5.94. The molecule has 1 aromatic heterocycles. The second-order valence-corrected chi connectivity index (χ2v) is 4.97. The number of rotatable bonds is 7. The fourth-order valence-electron chi connectivity index (χ4n) is 2.12. The molecular weight excluding hydrogens is 266 g/mol. The van der Waals surface area contributed by atoms with Gasteiger partial charge >= 0.3 is 0 Å². The normalized spacial score (nSPS) is 10.4. The standard InChI is InChI=1S/C16H21N3O2/c1-12-15(11-18-19-12)16(20)17-10-4-3-5-13-6-8-14(21-2)9-7-13/h6-9,11H,3-5,10H2,1-2H3,(H,17,20)(H,18,19). The molecule has 21 heavy (non-hydrogen) atoms. The summed E-state index contributed by atoms with van der Waals surface area (Å²) in [4.78, 5) is 11.8. The van der Waals surface area contributed by atoms with Gasteiger partial charge in [-0.3, -0.25) is 9.89 Å². The van der Waals surface area contributed by atoms with Gasteiger partial charge in [0.2, 0.25) is 0 Å². The molecule has 1 heterocycles. The van der Waals surface area contributed by atoms with Crippen LogP contribution >= 0.6 is 0 Å². The highest BCUT2D eigenvalue weighted by Gasteiger charge is 2.09. The molecule has 0 unspecified atom stereocenters. The number of ether oxygens (including phenoxy) is 1. The number of nitrogens with one attached hydrogen (secondary N) is 2. The van der Waals surface area contributed by atoms with Crippen LogP contribution in [-0.2, 0) is 6.42 Å². The first-order chi connectivity index (χ1) is 10.2. The number of aromatic nitrogens is 2. The first-order valence-corrected chi connectivity index (χ1v) is 7.12. The topological polar surface area (TPSA) is 67.0 Å². The van der Waals surface area contributed by atoms with Crippen LogP contribution in [0.15, 0.2) is 30.5 Å². The number of amides is 1. The summed E-state index contributed by atoms with van der Waals surface area (Å²) < 4.78 is 5.13.